The van der Waals surface area contributed by atoms with Crippen LogP contribution in [0.4, 0.5) is 0 Å². The largest absolute Gasteiger partial charge is 4.00 e. The summed E-state index contributed by atoms with van der Waals surface area (Å²) in [6.07, 6.45) is 86.7. The Labute approximate surface area is 550 Å². The van der Waals surface area contributed by atoms with Gasteiger partial charge in [-0.05, 0) is 51.4 Å². The smallest absolute Gasteiger partial charge is 0.596 e. The van der Waals surface area contributed by atoms with Crippen LogP contribution < -0.4 is 19.6 Å². The van der Waals surface area contributed by atoms with Crippen LogP contribution >= 0.6 is 32.1 Å². The van der Waals surface area contributed by atoms with Crippen molar-refractivity contribution < 1.29 is 58.9 Å². The van der Waals surface area contributed by atoms with Gasteiger partial charge in [0.25, 0.3) is 0 Å². The SMILES string of the molecule is CCCCCCCCCCCCCCCCCC[P+](=O)[O-].CCCCCCCCCCCCCCCCCC[P+](=O)[O-].CCCCCCCCCCCCCCCCCC[P+](=O)[O-].CCCCCCCCCCCCCCCCCC[P+](=O)[O-].[Mo+4]. The third-order valence-corrected chi connectivity index (χ3v) is 19.5. The molecular weight excluding hydrogens is 1210 g/mol. The van der Waals surface area contributed by atoms with Gasteiger partial charge < -0.3 is 19.6 Å². The van der Waals surface area contributed by atoms with E-state index in [0.29, 0.717) is 24.6 Å². The van der Waals surface area contributed by atoms with Crippen LogP contribution in [0.3, 0.4) is 0 Å². The number of unbranched alkanes of at least 4 members (excludes halogenated alkanes) is 60. The molecule has 4 unspecified atom stereocenters. The predicted octanol–water partition coefficient (Wildman–Crippen LogP) is 25.4. The first-order valence-electron chi connectivity index (χ1n) is 37.6. The maximum Gasteiger partial charge on any atom is 4.00 e. The second kappa shape index (κ2) is 91.3. The molecule has 0 aliphatic heterocycles. The fourth-order valence-electron chi connectivity index (χ4n) is 11.2. The fraction of sp³-hybridized carbons (Fsp3) is 1.00. The summed E-state index contributed by atoms with van der Waals surface area (Å²) in [7, 11) is -8.57. The Morgan fingerprint density at radius 1 is 0.153 bits per heavy atom. The molecule has 0 aliphatic carbocycles. The Morgan fingerprint density at radius 2 is 0.224 bits per heavy atom. The summed E-state index contributed by atoms with van der Waals surface area (Å²) >= 11 is 0. The van der Waals surface area contributed by atoms with Crippen molar-refractivity contribution in [2.75, 3.05) is 24.6 Å². The van der Waals surface area contributed by atoms with Crippen LogP contribution in [0.25, 0.3) is 0 Å². The molecule has 0 bridgehead atoms. The van der Waals surface area contributed by atoms with E-state index < -0.39 is 32.1 Å². The fourth-order valence-corrected chi connectivity index (χ4v) is 13.1. The molecule has 8 nitrogen and oxygen atoms in total. The van der Waals surface area contributed by atoms with Crippen LogP contribution in [-0.4, -0.2) is 24.6 Å². The van der Waals surface area contributed by atoms with Crippen molar-refractivity contribution in [3.8, 4) is 0 Å². The molecule has 0 amide bonds. The minimum atomic E-state index is -2.14. The zero-order chi connectivity index (χ0) is 62.4. The van der Waals surface area contributed by atoms with E-state index in [9.17, 15) is 37.8 Å². The van der Waals surface area contributed by atoms with Crippen molar-refractivity contribution in [2.24, 2.45) is 0 Å². The standard InChI is InChI=1S/4C18H37O2P.Mo/c4*1-2-3-4-5-6-7-8-9-10-11-12-13-14-15-16-17-18-21(19)20;/h4*2-18H2,1H3;/q;;;;+4. The average molecular weight is 1360 g/mol. The molecule has 0 aromatic rings. The first kappa shape index (κ1) is 94.6. The van der Waals surface area contributed by atoms with Crippen LogP contribution in [0.5, 0.6) is 0 Å². The van der Waals surface area contributed by atoms with E-state index in [-0.39, 0.29) is 21.1 Å². The van der Waals surface area contributed by atoms with Crippen molar-refractivity contribution in [2.45, 2.75) is 439 Å². The van der Waals surface area contributed by atoms with Crippen molar-refractivity contribution in [1.29, 1.82) is 0 Å². The van der Waals surface area contributed by atoms with Crippen molar-refractivity contribution in [3.05, 3.63) is 0 Å². The molecule has 13 heteroatoms. The van der Waals surface area contributed by atoms with Gasteiger partial charge in [0.1, 0.15) is 24.6 Å². The first-order valence-corrected chi connectivity index (χ1v) is 43.0. The third-order valence-electron chi connectivity index (χ3n) is 16.8. The molecule has 0 aromatic carbocycles. The van der Waals surface area contributed by atoms with Crippen LogP contribution in [0, 0.1) is 0 Å². The van der Waals surface area contributed by atoms with Gasteiger partial charge in [-0.3, -0.25) is 0 Å². The van der Waals surface area contributed by atoms with E-state index >= 15 is 0 Å². The van der Waals surface area contributed by atoms with Gasteiger partial charge in [0.15, 0.2) is 0 Å². The molecule has 0 spiro atoms. The zero-order valence-corrected chi connectivity index (χ0v) is 63.1. The number of hydrogen-bond acceptors (Lipinski definition) is 8. The van der Waals surface area contributed by atoms with Gasteiger partial charge in [0.05, 0.1) is 0 Å². The molecule has 506 valence electrons. The minimum Gasteiger partial charge on any atom is -0.596 e. The van der Waals surface area contributed by atoms with Crippen molar-refractivity contribution in [3.63, 3.8) is 0 Å². The molecule has 0 aliphatic rings. The Balaban J connectivity index is -0.000000333. The summed E-state index contributed by atoms with van der Waals surface area (Å²) in [5.74, 6) is 0. The van der Waals surface area contributed by atoms with Gasteiger partial charge in [-0.1, -0.05) is 406 Å². The summed E-state index contributed by atoms with van der Waals surface area (Å²) < 4.78 is 41.5. The summed E-state index contributed by atoms with van der Waals surface area (Å²) in [6, 6.07) is 0. The number of hydrogen-bond donors (Lipinski definition) is 0. The average Bonchev–Trinajstić information content (AvgIpc) is 3.47. The van der Waals surface area contributed by atoms with E-state index in [4.69, 9.17) is 0 Å². The maximum absolute atomic E-state index is 10.4. The molecule has 85 heavy (non-hydrogen) atoms. The summed E-state index contributed by atoms with van der Waals surface area (Å²) in [4.78, 5) is 41.5. The van der Waals surface area contributed by atoms with E-state index in [0.717, 1.165) is 51.4 Å². The molecule has 0 fully saturated rings. The monoisotopic (exact) mass is 1360 g/mol. The van der Waals surface area contributed by atoms with E-state index in [2.05, 4.69) is 27.7 Å². The molecule has 0 saturated heterocycles. The van der Waals surface area contributed by atoms with Gasteiger partial charge in [0, 0.05) is 0 Å². The summed E-state index contributed by atoms with van der Waals surface area (Å²) in [6.45, 7) is 9.09. The molecule has 4 atom stereocenters. The zero-order valence-electron chi connectivity index (χ0n) is 57.5. The van der Waals surface area contributed by atoms with Gasteiger partial charge in [-0.2, -0.15) is 0 Å². The normalized spacial score (nSPS) is 11.7. The van der Waals surface area contributed by atoms with E-state index in [1.54, 1.807) is 0 Å². The molecule has 0 rings (SSSR count). The topological polar surface area (TPSA) is 161 Å². The van der Waals surface area contributed by atoms with Crippen LogP contribution in [0.15, 0.2) is 0 Å². The Hall–Kier alpha value is 0.928. The third kappa shape index (κ3) is 110. The van der Waals surface area contributed by atoms with Crippen molar-refractivity contribution >= 4 is 32.1 Å². The second-order valence-electron chi connectivity index (χ2n) is 25.4. The molecule has 0 radical (unpaired) electrons. The minimum absolute atomic E-state index is 0. The van der Waals surface area contributed by atoms with Gasteiger partial charge in [0.2, 0.25) is 0 Å². The van der Waals surface area contributed by atoms with Gasteiger partial charge in [-0.25, -0.2) is 0 Å². The molecule has 0 aromatic heterocycles. The molecule has 0 heterocycles. The van der Waals surface area contributed by atoms with Crippen LogP contribution in [0.1, 0.15) is 439 Å². The van der Waals surface area contributed by atoms with Crippen LogP contribution in [0.2, 0.25) is 0 Å². The maximum atomic E-state index is 10.4. The van der Waals surface area contributed by atoms with Gasteiger partial charge >= 0.3 is 53.2 Å². The van der Waals surface area contributed by atoms with Gasteiger partial charge in [-0.15, -0.1) is 0 Å². The quantitative estimate of drug-likeness (QED) is 0.0330. The Bertz CT molecular complexity index is 1070. The molecule has 0 N–H and O–H groups in total. The Morgan fingerprint density at radius 3 is 0.294 bits per heavy atom. The predicted molar refractivity (Wildman–Crippen MR) is 368 cm³/mol. The van der Waals surface area contributed by atoms with Crippen LogP contribution in [-0.2, 0) is 39.3 Å². The van der Waals surface area contributed by atoms with E-state index in [1.165, 1.54) is 360 Å². The number of rotatable bonds is 68. The van der Waals surface area contributed by atoms with E-state index in [1.807, 2.05) is 0 Å². The first-order chi connectivity index (χ1) is 41.1. The summed E-state index contributed by atoms with van der Waals surface area (Å²) in [5.41, 5.74) is 0. The molecule has 0 saturated carbocycles. The molecular formula is C72H148MoO8P4+4. The summed E-state index contributed by atoms with van der Waals surface area (Å²) in [5, 5.41) is 0. The Kier molecular flexibility index (Phi) is 102. The van der Waals surface area contributed by atoms with Crippen molar-refractivity contribution in [1.82, 2.24) is 0 Å². The second-order valence-corrected chi connectivity index (χ2v) is 29.9.